The third-order valence-corrected chi connectivity index (χ3v) is 2.97. The number of amides is 1. The van der Waals surface area contributed by atoms with Gasteiger partial charge in [-0.05, 0) is 30.7 Å². The molecule has 0 aliphatic heterocycles. The van der Waals surface area contributed by atoms with E-state index >= 15 is 0 Å². The van der Waals surface area contributed by atoms with Crippen molar-refractivity contribution in [3.63, 3.8) is 0 Å². The van der Waals surface area contributed by atoms with E-state index < -0.39 is 0 Å². The zero-order valence-electron chi connectivity index (χ0n) is 11.8. The Bertz CT molecular complexity index is 659. The van der Waals surface area contributed by atoms with Gasteiger partial charge in [0.25, 0.3) is 5.91 Å². The van der Waals surface area contributed by atoms with E-state index in [0.717, 1.165) is 17.8 Å². The molecule has 106 valence electrons. The fourth-order valence-corrected chi connectivity index (χ4v) is 1.89. The number of pyridine rings is 1. The largest absolute Gasteiger partial charge is 0.385 e. The second-order valence-electron chi connectivity index (χ2n) is 4.44. The summed E-state index contributed by atoms with van der Waals surface area (Å²) in [5.74, 6) is -0.177. The molecule has 5 heteroatoms. The highest BCUT2D eigenvalue weighted by molar-refractivity contribution is 5.99. The minimum Gasteiger partial charge on any atom is -0.385 e. The predicted molar refractivity (Wildman–Crippen MR) is 80.7 cm³/mol. The molecule has 2 N–H and O–H groups in total. The topological polar surface area (TPSA) is 77.8 Å². The molecule has 2 rings (SSSR count). The van der Waals surface area contributed by atoms with E-state index in [9.17, 15) is 4.79 Å². The number of hydrogen-bond donors (Lipinski definition) is 2. The van der Waals surface area contributed by atoms with Crippen LogP contribution >= 0.6 is 0 Å². The van der Waals surface area contributed by atoms with E-state index in [2.05, 4.69) is 21.7 Å². The Morgan fingerprint density at radius 3 is 2.71 bits per heavy atom. The van der Waals surface area contributed by atoms with Gasteiger partial charge in [-0.15, -0.1) is 0 Å². The van der Waals surface area contributed by atoms with Crippen molar-refractivity contribution in [2.75, 3.05) is 11.9 Å². The van der Waals surface area contributed by atoms with Gasteiger partial charge in [0.05, 0.1) is 22.9 Å². The van der Waals surface area contributed by atoms with E-state index in [-0.39, 0.29) is 5.91 Å². The Hall–Kier alpha value is -2.87. The zero-order chi connectivity index (χ0) is 15.1. The Kier molecular flexibility index (Phi) is 4.89. The Balaban J connectivity index is 2.03. The molecule has 0 bridgehead atoms. The first-order valence-corrected chi connectivity index (χ1v) is 6.69. The second kappa shape index (κ2) is 7.06. The number of benzene rings is 1. The van der Waals surface area contributed by atoms with Gasteiger partial charge in [0.1, 0.15) is 0 Å². The first kappa shape index (κ1) is 14.5. The van der Waals surface area contributed by atoms with Crippen LogP contribution in [0, 0.1) is 11.3 Å². The van der Waals surface area contributed by atoms with Crippen LogP contribution in [0.4, 0.5) is 5.69 Å². The fourth-order valence-electron chi connectivity index (χ4n) is 1.89. The Labute approximate surface area is 123 Å². The first-order valence-electron chi connectivity index (χ1n) is 6.69. The third-order valence-electron chi connectivity index (χ3n) is 2.97. The Morgan fingerprint density at radius 1 is 1.29 bits per heavy atom. The van der Waals surface area contributed by atoms with Crippen molar-refractivity contribution >= 4 is 11.6 Å². The number of anilines is 1. The van der Waals surface area contributed by atoms with Gasteiger partial charge in [-0.1, -0.05) is 12.1 Å². The zero-order valence-corrected chi connectivity index (χ0v) is 11.8. The van der Waals surface area contributed by atoms with Crippen LogP contribution in [0.3, 0.4) is 0 Å². The van der Waals surface area contributed by atoms with Crippen LogP contribution in [-0.2, 0) is 6.54 Å². The molecule has 0 radical (unpaired) electrons. The normalized spacial score (nSPS) is 9.71. The molecule has 0 fully saturated rings. The summed E-state index contributed by atoms with van der Waals surface area (Å²) in [7, 11) is 0. The molecule has 1 aromatic carbocycles. The smallest absolute Gasteiger partial charge is 0.255 e. The molecule has 0 saturated heterocycles. The summed E-state index contributed by atoms with van der Waals surface area (Å²) >= 11 is 0. The maximum atomic E-state index is 12.2. The molecule has 5 nitrogen and oxygen atoms in total. The first-order chi connectivity index (χ1) is 10.2. The minimum atomic E-state index is -0.177. The standard InChI is InChI=1S/C16H16N4O/c1-2-19-15-7-8-18-11-14(15)16(21)20-10-13-5-3-12(9-17)4-6-13/h3-8,11H,2,10H2,1H3,(H,18,19)(H,20,21). The fraction of sp³-hybridized carbons (Fsp3) is 0.188. The quantitative estimate of drug-likeness (QED) is 0.881. The van der Waals surface area contributed by atoms with Crippen LogP contribution < -0.4 is 10.6 Å². The van der Waals surface area contributed by atoms with E-state index in [1.807, 2.05) is 19.1 Å². The third kappa shape index (κ3) is 3.80. The summed E-state index contributed by atoms with van der Waals surface area (Å²) < 4.78 is 0. The highest BCUT2D eigenvalue weighted by Gasteiger charge is 2.10. The van der Waals surface area contributed by atoms with Gasteiger partial charge in [0.15, 0.2) is 0 Å². The molecular weight excluding hydrogens is 264 g/mol. The monoisotopic (exact) mass is 280 g/mol. The lowest BCUT2D eigenvalue weighted by atomic mass is 10.1. The van der Waals surface area contributed by atoms with Crippen LogP contribution in [0.5, 0.6) is 0 Å². The molecule has 0 aliphatic rings. The number of carbonyl (C=O) groups is 1. The van der Waals surface area contributed by atoms with E-state index in [1.54, 1.807) is 30.6 Å². The number of rotatable bonds is 5. The molecule has 2 aromatic rings. The van der Waals surface area contributed by atoms with Crippen molar-refractivity contribution in [2.45, 2.75) is 13.5 Å². The number of nitriles is 1. The maximum Gasteiger partial charge on any atom is 0.255 e. The summed E-state index contributed by atoms with van der Waals surface area (Å²) in [4.78, 5) is 16.2. The molecule has 0 saturated carbocycles. The van der Waals surface area contributed by atoms with Crippen LogP contribution in [0.25, 0.3) is 0 Å². The van der Waals surface area contributed by atoms with Gasteiger partial charge >= 0.3 is 0 Å². The van der Waals surface area contributed by atoms with Crippen molar-refractivity contribution in [3.05, 3.63) is 59.4 Å². The van der Waals surface area contributed by atoms with Crippen LogP contribution in [-0.4, -0.2) is 17.4 Å². The van der Waals surface area contributed by atoms with Crippen LogP contribution in [0.1, 0.15) is 28.4 Å². The van der Waals surface area contributed by atoms with Gasteiger partial charge in [-0.3, -0.25) is 9.78 Å². The molecule has 0 spiro atoms. The Morgan fingerprint density at radius 2 is 2.05 bits per heavy atom. The molecule has 0 aliphatic carbocycles. The van der Waals surface area contributed by atoms with Crippen molar-refractivity contribution < 1.29 is 4.79 Å². The average Bonchev–Trinajstić information content (AvgIpc) is 2.54. The van der Waals surface area contributed by atoms with E-state index in [0.29, 0.717) is 17.7 Å². The van der Waals surface area contributed by atoms with Gasteiger partial charge in [-0.25, -0.2) is 0 Å². The summed E-state index contributed by atoms with van der Waals surface area (Å²) in [6, 6.07) is 11.0. The lowest BCUT2D eigenvalue weighted by Gasteiger charge is -2.10. The second-order valence-corrected chi connectivity index (χ2v) is 4.44. The number of hydrogen-bond acceptors (Lipinski definition) is 4. The number of aromatic nitrogens is 1. The number of nitrogens with zero attached hydrogens (tertiary/aromatic N) is 2. The summed E-state index contributed by atoms with van der Waals surface area (Å²) in [5.41, 5.74) is 2.83. The predicted octanol–water partition coefficient (Wildman–Crippen LogP) is 2.32. The number of carbonyl (C=O) groups excluding carboxylic acids is 1. The summed E-state index contributed by atoms with van der Waals surface area (Å²) in [6.07, 6.45) is 3.20. The van der Waals surface area contributed by atoms with Crippen molar-refractivity contribution in [1.82, 2.24) is 10.3 Å². The molecule has 21 heavy (non-hydrogen) atoms. The minimum absolute atomic E-state index is 0.177. The van der Waals surface area contributed by atoms with Crippen molar-refractivity contribution in [2.24, 2.45) is 0 Å². The summed E-state index contributed by atoms with van der Waals surface area (Å²) in [5, 5.41) is 14.7. The molecule has 1 heterocycles. The number of nitrogens with one attached hydrogen (secondary N) is 2. The molecule has 0 atom stereocenters. The van der Waals surface area contributed by atoms with Gasteiger partial charge in [-0.2, -0.15) is 5.26 Å². The summed E-state index contributed by atoms with van der Waals surface area (Å²) in [6.45, 7) is 3.11. The molecular formula is C16H16N4O. The van der Waals surface area contributed by atoms with Gasteiger partial charge in [0.2, 0.25) is 0 Å². The van der Waals surface area contributed by atoms with Crippen molar-refractivity contribution in [1.29, 1.82) is 5.26 Å². The highest BCUT2D eigenvalue weighted by Crippen LogP contribution is 2.13. The van der Waals surface area contributed by atoms with Crippen LogP contribution in [0.15, 0.2) is 42.7 Å². The maximum absolute atomic E-state index is 12.2. The van der Waals surface area contributed by atoms with Gasteiger partial charge < -0.3 is 10.6 Å². The molecule has 1 amide bonds. The average molecular weight is 280 g/mol. The lowest BCUT2D eigenvalue weighted by Crippen LogP contribution is -2.24. The van der Waals surface area contributed by atoms with Crippen LogP contribution in [0.2, 0.25) is 0 Å². The molecule has 1 aromatic heterocycles. The van der Waals surface area contributed by atoms with E-state index in [1.165, 1.54) is 0 Å². The molecule has 0 unspecified atom stereocenters. The SMILES string of the molecule is CCNc1ccncc1C(=O)NCc1ccc(C#N)cc1. The van der Waals surface area contributed by atoms with Crippen molar-refractivity contribution in [3.8, 4) is 6.07 Å². The van der Waals surface area contributed by atoms with E-state index in [4.69, 9.17) is 5.26 Å². The lowest BCUT2D eigenvalue weighted by molar-refractivity contribution is 0.0951. The highest BCUT2D eigenvalue weighted by atomic mass is 16.1. The van der Waals surface area contributed by atoms with Gasteiger partial charge in [0, 0.05) is 25.5 Å².